The summed E-state index contributed by atoms with van der Waals surface area (Å²) in [7, 11) is 2.92. The monoisotopic (exact) mass is 414 g/mol. The molecule has 29 heavy (non-hydrogen) atoms. The molecule has 1 N–H and O–H groups in total. The maximum Gasteiger partial charge on any atom is 0.337 e. The fourth-order valence-electron chi connectivity index (χ4n) is 2.95. The molecule has 2 aromatic carbocycles. The van der Waals surface area contributed by atoms with Gasteiger partial charge in [0.15, 0.2) is 0 Å². The van der Waals surface area contributed by atoms with Crippen LogP contribution in [0.2, 0.25) is 0 Å². The molecule has 150 valence electrons. The molecule has 1 unspecified atom stereocenters. The van der Waals surface area contributed by atoms with Crippen molar-refractivity contribution in [1.29, 1.82) is 0 Å². The molecule has 1 heterocycles. The van der Waals surface area contributed by atoms with E-state index in [1.807, 2.05) is 0 Å². The Morgan fingerprint density at radius 2 is 1.90 bits per heavy atom. The molecule has 9 heteroatoms. The number of thioether (sulfide) groups is 1. The lowest BCUT2D eigenvalue weighted by atomic mass is 10.1. The van der Waals surface area contributed by atoms with Crippen LogP contribution in [-0.2, 0) is 9.59 Å². The minimum absolute atomic E-state index is 0.0252. The average Bonchev–Trinajstić information content (AvgIpc) is 3.00. The van der Waals surface area contributed by atoms with E-state index < -0.39 is 28.3 Å². The average molecular weight is 414 g/mol. The van der Waals surface area contributed by atoms with E-state index in [4.69, 9.17) is 4.74 Å². The highest BCUT2D eigenvalue weighted by Crippen LogP contribution is 2.35. The van der Waals surface area contributed by atoms with Gasteiger partial charge in [-0.15, -0.1) is 0 Å². The van der Waals surface area contributed by atoms with Crippen molar-refractivity contribution in [1.82, 2.24) is 0 Å². The predicted octanol–water partition coefficient (Wildman–Crippen LogP) is 3.01. The second-order valence-corrected chi connectivity index (χ2v) is 7.38. The van der Waals surface area contributed by atoms with Crippen LogP contribution in [0, 0.1) is 0 Å². The highest BCUT2D eigenvalue weighted by atomic mass is 32.2. The van der Waals surface area contributed by atoms with E-state index in [0.29, 0.717) is 11.4 Å². The first kappa shape index (κ1) is 20.4. The molecule has 3 amide bonds. The summed E-state index contributed by atoms with van der Waals surface area (Å²) in [6.45, 7) is 0. The minimum atomic E-state index is -1.16. The van der Waals surface area contributed by atoms with Gasteiger partial charge in [0, 0.05) is 19.5 Å². The second-order valence-electron chi connectivity index (χ2n) is 6.23. The van der Waals surface area contributed by atoms with E-state index in [-0.39, 0.29) is 17.7 Å². The zero-order chi connectivity index (χ0) is 21.1. The zero-order valence-electron chi connectivity index (χ0n) is 15.7. The van der Waals surface area contributed by atoms with Crippen LogP contribution in [0.4, 0.5) is 16.2 Å². The van der Waals surface area contributed by atoms with Gasteiger partial charge in [-0.1, -0.05) is 18.2 Å². The number of carboxylic acids is 1. The maximum absolute atomic E-state index is 12.8. The van der Waals surface area contributed by atoms with Crippen LogP contribution in [-0.4, -0.2) is 47.5 Å². The topological polar surface area (TPSA) is 104 Å². The van der Waals surface area contributed by atoms with Crippen molar-refractivity contribution < 1.29 is 29.0 Å². The molecule has 1 aliphatic heterocycles. The highest BCUT2D eigenvalue weighted by Gasteiger charge is 2.42. The van der Waals surface area contributed by atoms with Crippen molar-refractivity contribution in [3.63, 3.8) is 0 Å². The standard InChI is InChI=1S/C20H18N2O6S/c1-21(15-9-4-3-8-14(15)19(25)26)17(23)11-16-18(24)22(20(27)29-16)12-6-5-7-13(10-12)28-2/h3-10,16H,11H2,1-2H3,(H,25,26). The summed E-state index contributed by atoms with van der Waals surface area (Å²) in [4.78, 5) is 51.4. The first-order valence-electron chi connectivity index (χ1n) is 8.61. The molecule has 2 aromatic rings. The minimum Gasteiger partial charge on any atom is -0.497 e. The molecular weight excluding hydrogens is 396 g/mol. The Morgan fingerprint density at radius 1 is 1.17 bits per heavy atom. The number of para-hydroxylation sites is 1. The fraction of sp³-hybridized carbons (Fsp3) is 0.200. The first-order valence-corrected chi connectivity index (χ1v) is 9.49. The number of carboxylic acid groups (broad SMARTS) is 1. The third-order valence-corrected chi connectivity index (χ3v) is 5.50. The Bertz CT molecular complexity index is 992. The summed E-state index contributed by atoms with van der Waals surface area (Å²) in [5.41, 5.74) is 0.561. The molecule has 1 fully saturated rings. The number of anilines is 2. The quantitative estimate of drug-likeness (QED) is 0.775. The third kappa shape index (κ3) is 4.09. The van der Waals surface area contributed by atoms with Crippen LogP contribution < -0.4 is 14.5 Å². The normalized spacial score (nSPS) is 16.1. The van der Waals surface area contributed by atoms with Crippen molar-refractivity contribution in [3.05, 3.63) is 54.1 Å². The molecule has 0 aliphatic carbocycles. The SMILES string of the molecule is COc1cccc(N2C(=O)SC(CC(=O)N(C)c3ccccc3C(=O)O)C2=O)c1. The Labute approximate surface area is 171 Å². The molecule has 1 atom stereocenters. The lowest BCUT2D eigenvalue weighted by molar-refractivity contribution is -0.122. The molecule has 1 aliphatic rings. The fourth-order valence-corrected chi connectivity index (χ4v) is 3.92. The molecule has 0 aromatic heterocycles. The van der Waals surface area contributed by atoms with E-state index >= 15 is 0 Å². The number of ether oxygens (including phenoxy) is 1. The van der Waals surface area contributed by atoms with E-state index in [2.05, 4.69) is 0 Å². The largest absolute Gasteiger partial charge is 0.497 e. The summed E-state index contributed by atoms with van der Waals surface area (Å²) < 4.78 is 5.12. The molecule has 1 saturated heterocycles. The number of amides is 3. The summed E-state index contributed by atoms with van der Waals surface area (Å²) >= 11 is 0.774. The van der Waals surface area contributed by atoms with Crippen molar-refractivity contribution in [2.24, 2.45) is 0 Å². The van der Waals surface area contributed by atoms with Gasteiger partial charge in [0.25, 0.3) is 5.24 Å². The molecule has 0 bridgehead atoms. The van der Waals surface area contributed by atoms with Crippen LogP contribution in [0.3, 0.4) is 0 Å². The van der Waals surface area contributed by atoms with Gasteiger partial charge in [-0.05, 0) is 36.0 Å². The summed E-state index contributed by atoms with van der Waals surface area (Å²) in [5.74, 6) is -1.63. The predicted molar refractivity (Wildman–Crippen MR) is 109 cm³/mol. The maximum atomic E-state index is 12.8. The van der Waals surface area contributed by atoms with E-state index in [0.717, 1.165) is 16.7 Å². The number of methoxy groups -OCH3 is 1. The van der Waals surface area contributed by atoms with Gasteiger partial charge < -0.3 is 14.7 Å². The van der Waals surface area contributed by atoms with Crippen molar-refractivity contribution in [3.8, 4) is 5.75 Å². The van der Waals surface area contributed by atoms with Crippen LogP contribution in [0.25, 0.3) is 0 Å². The van der Waals surface area contributed by atoms with E-state index in [1.165, 1.54) is 31.2 Å². The lowest BCUT2D eigenvalue weighted by Gasteiger charge is -2.20. The number of aromatic carboxylic acids is 1. The summed E-state index contributed by atoms with van der Waals surface area (Å²) in [6, 6.07) is 12.6. The number of hydrogen-bond acceptors (Lipinski definition) is 6. The Balaban J connectivity index is 1.77. The van der Waals surface area contributed by atoms with Crippen LogP contribution in [0.15, 0.2) is 48.5 Å². The third-order valence-electron chi connectivity index (χ3n) is 4.46. The van der Waals surface area contributed by atoms with Crippen molar-refractivity contribution >= 4 is 46.2 Å². The number of nitrogens with zero attached hydrogens (tertiary/aromatic N) is 2. The summed E-state index contributed by atoms with van der Waals surface area (Å²) in [6.07, 6.45) is -0.236. The van der Waals surface area contributed by atoms with Crippen molar-refractivity contribution in [2.45, 2.75) is 11.7 Å². The molecular formula is C20H18N2O6S. The van der Waals surface area contributed by atoms with Gasteiger partial charge in [0.05, 0.1) is 24.0 Å². The first-order chi connectivity index (χ1) is 13.8. The van der Waals surface area contributed by atoms with Gasteiger partial charge in [-0.2, -0.15) is 0 Å². The van der Waals surface area contributed by atoms with E-state index in [1.54, 1.807) is 36.4 Å². The Kier molecular flexibility index (Phi) is 5.88. The molecule has 0 radical (unpaired) electrons. The Morgan fingerprint density at radius 3 is 2.59 bits per heavy atom. The molecule has 0 saturated carbocycles. The highest BCUT2D eigenvalue weighted by molar-refractivity contribution is 8.15. The number of rotatable bonds is 6. The van der Waals surface area contributed by atoms with Crippen LogP contribution in [0.1, 0.15) is 16.8 Å². The summed E-state index contributed by atoms with van der Waals surface area (Å²) in [5, 5.41) is 7.94. The van der Waals surface area contributed by atoms with Crippen molar-refractivity contribution in [2.75, 3.05) is 24.0 Å². The van der Waals surface area contributed by atoms with Gasteiger partial charge in [0.1, 0.15) is 11.0 Å². The van der Waals surface area contributed by atoms with Crippen LogP contribution in [0.5, 0.6) is 5.75 Å². The van der Waals surface area contributed by atoms with Gasteiger partial charge in [-0.3, -0.25) is 14.4 Å². The van der Waals surface area contributed by atoms with Gasteiger partial charge in [-0.25, -0.2) is 9.69 Å². The van der Waals surface area contributed by atoms with Gasteiger partial charge in [0.2, 0.25) is 11.8 Å². The number of benzene rings is 2. The molecule has 0 spiro atoms. The van der Waals surface area contributed by atoms with Crippen LogP contribution >= 0.6 is 11.8 Å². The smallest absolute Gasteiger partial charge is 0.337 e. The molecule has 3 rings (SSSR count). The number of carbonyl (C=O) groups excluding carboxylic acids is 3. The number of imide groups is 1. The van der Waals surface area contributed by atoms with E-state index in [9.17, 15) is 24.3 Å². The lowest BCUT2D eigenvalue weighted by Crippen LogP contribution is -2.35. The number of hydrogen-bond donors (Lipinski definition) is 1. The molecule has 8 nitrogen and oxygen atoms in total. The zero-order valence-corrected chi connectivity index (χ0v) is 16.5. The Hall–Kier alpha value is -3.33. The number of carbonyl (C=O) groups is 4. The van der Waals surface area contributed by atoms with Gasteiger partial charge >= 0.3 is 5.97 Å². The second kappa shape index (κ2) is 8.36.